The minimum atomic E-state index is -3.86. The zero-order valence-corrected chi connectivity index (χ0v) is 17.3. The highest BCUT2D eigenvalue weighted by atomic mass is 35.5. The lowest BCUT2D eigenvalue weighted by molar-refractivity contribution is -0.127. The van der Waals surface area contributed by atoms with Gasteiger partial charge in [0.25, 0.3) is 15.9 Å². The van der Waals surface area contributed by atoms with E-state index in [-0.39, 0.29) is 32.6 Å². The summed E-state index contributed by atoms with van der Waals surface area (Å²) in [4.78, 5) is 11.9. The molecule has 0 radical (unpaired) electrons. The number of ether oxygens (including phenoxy) is 1. The Kier molecular flexibility index (Phi) is 6.97. The number of benzene rings is 2. The maximum atomic E-state index is 12.5. The van der Waals surface area contributed by atoms with Crippen LogP contribution in [0.3, 0.4) is 0 Å². The van der Waals surface area contributed by atoms with Gasteiger partial charge in [0.15, 0.2) is 6.10 Å². The number of sulfonamides is 1. The molecule has 2 N–H and O–H groups in total. The van der Waals surface area contributed by atoms with Crippen LogP contribution in [0.15, 0.2) is 47.4 Å². The van der Waals surface area contributed by atoms with Gasteiger partial charge in [0.1, 0.15) is 5.75 Å². The van der Waals surface area contributed by atoms with Crippen LogP contribution in [0, 0.1) is 0 Å². The van der Waals surface area contributed by atoms with E-state index in [1.165, 1.54) is 30.3 Å². The third kappa shape index (κ3) is 5.76. The molecule has 146 valence electrons. The summed E-state index contributed by atoms with van der Waals surface area (Å²) in [5, 5.41) is 3.11. The molecule has 0 aliphatic rings. The van der Waals surface area contributed by atoms with Crippen LogP contribution >= 0.6 is 23.2 Å². The maximum Gasteiger partial charge on any atom is 0.261 e. The Balaban J connectivity index is 2.11. The first-order valence-electron chi connectivity index (χ1n) is 8.14. The molecular weight excluding hydrogens is 411 g/mol. The molecule has 1 atom stereocenters. The van der Waals surface area contributed by atoms with Gasteiger partial charge in [0.2, 0.25) is 0 Å². The van der Waals surface area contributed by atoms with E-state index in [9.17, 15) is 13.2 Å². The first-order chi connectivity index (χ1) is 12.6. The van der Waals surface area contributed by atoms with E-state index in [1.807, 2.05) is 13.8 Å². The highest BCUT2D eigenvalue weighted by Crippen LogP contribution is 2.31. The molecule has 0 unspecified atom stereocenters. The number of nitrogens with one attached hydrogen (secondary N) is 2. The quantitative estimate of drug-likeness (QED) is 0.692. The van der Waals surface area contributed by atoms with E-state index in [0.717, 1.165) is 0 Å². The Hall–Kier alpha value is -1.96. The zero-order chi connectivity index (χ0) is 20.2. The van der Waals surface area contributed by atoms with E-state index in [0.29, 0.717) is 5.75 Å². The third-order valence-corrected chi connectivity index (χ3v) is 5.64. The Morgan fingerprint density at radius 3 is 2.26 bits per heavy atom. The van der Waals surface area contributed by atoms with Gasteiger partial charge in [-0.2, -0.15) is 0 Å². The summed E-state index contributed by atoms with van der Waals surface area (Å²) in [6.45, 7) is 5.32. The molecule has 0 fully saturated rings. The van der Waals surface area contributed by atoms with Crippen molar-refractivity contribution < 1.29 is 17.9 Å². The average molecular weight is 431 g/mol. The standard InChI is InChI=1S/C18H20Cl2N2O4S/c1-11(2)21-18(23)12(3)26-13-7-9-14(10-8-13)27(24,25)22-16-6-4-5-15(19)17(16)20/h4-12,22H,1-3H3,(H,21,23)/t12-/m1/s1. The second-order valence-electron chi connectivity index (χ2n) is 6.10. The van der Waals surface area contributed by atoms with Crippen LogP contribution in [0.1, 0.15) is 20.8 Å². The third-order valence-electron chi connectivity index (χ3n) is 3.44. The van der Waals surface area contributed by atoms with Crippen LogP contribution in [0.4, 0.5) is 5.69 Å². The molecule has 2 rings (SSSR count). The normalized spacial score (nSPS) is 12.5. The number of carbonyl (C=O) groups is 1. The SMILES string of the molecule is CC(C)NC(=O)[C@@H](C)Oc1ccc(S(=O)(=O)Nc2cccc(Cl)c2Cl)cc1. The van der Waals surface area contributed by atoms with Crippen molar-refractivity contribution in [1.82, 2.24) is 5.32 Å². The van der Waals surface area contributed by atoms with Gasteiger partial charge < -0.3 is 10.1 Å². The van der Waals surface area contributed by atoms with Gasteiger partial charge in [-0.05, 0) is 57.2 Å². The van der Waals surface area contributed by atoms with Crippen molar-refractivity contribution in [2.24, 2.45) is 0 Å². The molecule has 0 aliphatic carbocycles. The molecule has 6 nitrogen and oxygen atoms in total. The van der Waals surface area contributed by atoms with Crippen molar-refractivity contribution in [3.05, 3.63) is 52.5 Å². The maximum absolute atomic E-state index is 12.5. The second kappa shape index (κ2) is 8.82. The van der Waals surface area contributed by atoms with E-state index in [2.05, 4.69) is 10.0 Å². The molecule has 0 bridgehead atoms. The molecule has 0 saturated heterocycles. The number of anilines is 1. The molecule has 0 saturated carbocycles. The number of rotatable bonds is 7. The molecule has 9 heteroatoms. The van der Waals surface area contributed by atoms with Gasteiger partial charge in [-0.15, -0.1) is 0 Å². The van der Waals surface area contributed by atoms with Gasteiger partial charge in [0, 0.05) is 6.04 Å². The van der Waals surface area contributed by atoms with Crippen LogP contribution in [-0.4, -0.2) is 26.5 Å². The largest absolute Gasteiger partial charge is 0.481 e. The molecule has 27 heavy (non-hydrogen) atoms. The highest BCUT2D eigenvalue weighted by molar-refractivity contribution is 7.92. The summed E-state index contributed by atoms with van der Waals surface area (Å²) in [5.74, 6) is 0.125. The predicted octanol–water partition coefficient (Wildman–Crippen LogP) is 4.09. The lowest BCUT2D eigenvalue weighted by Gasteiger charge is -2.16. The van der Waals surface area contributed by atoms with Gasteiger partial charge in [-0.1, -0.05) is 29.3 Å². The van der Waals surface area contributed by atoms with E-state index in [1.54, 1.807) is 19.1 Å². The lowest BCUT2D eigenvalue weighted by atomic mass is 10.3. The van der Waals surface area contributed by atoms with Crippen molar-refractivity contribution in [2.45, 2.75) is 37.8 Å². The number of hydrogen-bond donors (Lipinski definition) is 2. The van der Waals surface area contributed by atoms with Gasteiger partial charge in [-0.3, -0.25) is 9.52 Å². The number of hydrogen-bond acceptors (Lipinski definition) is 4. The number of amides is 1. The van der Waals surface area contributed by atoms with Crippen LogP contribution < -0.4 is 14.8 Å². The fourth-order valence-electron chi connectivity index (χ4n) is 2.14. The molecule has 0 aliphatic heterocycles. The summed E-state index contributed by atoms with van der Waals surface area (Å²) in [5.41, 5.74) is 0.184. The van der Waals surface area contributed by atoms with E-state index >= 15 is 0 Å². The summed E-state index contributed by atoms with van der Waals surface area (Å²) in [6.07, 6.45) is -0.710. The summed E-state index contributed by atoms with van der Waals surface area (Å²) < 4.78 is 32.9. The molecular formula is C18H20Cl2N2O4S. The van der Waals surface area contributed by atoms with Crippen molar-refractivity contribution in [2.75, 3.05) is 4.72 Å². The minimum Gasteiger partial charge on any atom is -0.481 e. The van der Waals surface area contributed by atoms with Crippen molar-refractivity contribution in [3.8, 4) is 5.75 Å². The van der Waals surface area contributed by atoms with Crippen molar-refractivity contribution >= 4 is 44.8 Å². The van der Waals surface area contributed by atoms with Crippen molar-refractivity contribution in [1.29, 1.82) is 0 Å². The monoisotopic (exact) mass is 430 g/mol. The van der Waals surface area contributed by atoms with Gasteiger partial charge in [-0.25, -0.2) is 8.42 Å². The fraction of sp³-hybridized carbons (Fsp3) is 0.278. The summed E-state index contributed by atoms with van der Waals surface area (Å²) >= 11 is 11.9. The second-order valence-corrected chi connectivity index (χ2v) is 8.57. The predicted molar refractivity (Wildman–Crippen MR) is 107 cm³/mol. The van der Waals surface area contributed by atoms with E-state index in [4.69, 9.17) is 27.9 Å². The van der Waals surface area contributed by atoms with Crippen LogP contribution in [0.5, 0.6) is 5.75 Å². The first kappa shape index (κ1) is 21.3. The van der Waals surface area contributed by atoms with Crippen LogP contribution in [0.2, 0.25) is 10.0 Å². The topological polar surface area (TPSA) is 84.5 Å². The smallest absolute Gasteiger partial charge is 0.261 e. The van der Waals surface area contributed by atoms with Gasteiger partial charge >= 0.3 is 0 Å². The summed E-state index contributed by atoms with van der Waals surface area (Å²) in [7, 11) is -3.86. The Bertz CT molecular complexity index is 915. The molecule has 0 spiro atoms. The van der Waals surface area contributed by atoms with Crippen LogP contribution in [0.25, 0.3) is 0 Å². The van der Waals surface area contributed by atoms with Gasteiger partial charge in [0.05, 0.1) is 20.6 Å². The highest BCUT2D eigenvalue weighted by Gasteiger charge is 2.18. The Labute approximate surface area is 168 Å². The molecule has 2 aromatic rings. The van der Waals surface area contributed by atoms with E-state index < -0.39 is 16.1 Å². The van der Waals surface area contributed by atoms with Crippen molar-refractivity contribution in [3.63, 3.8) is 0 Å². The number of carbonyl (C=O) groups excluding carboxylic acids is 1. The molecule has 0 aromatic heterocycles. The first-order valence-corrected chi connectivity index (χ1v) is 10.4. The zero-order valence-electron chi connectivity index (χ0n) is 15.0. The van der Waals surface area contributed by atoms with Crippen LogP contribution in [-0.2, 0) is 14.8 Å². The molecule has 0 heterocycles. The number of halogens is 2. The average Bonchev–Trinajstić information content (AvgIpc) is 2.58. The fourth-order valence-corrected chi connectivity index (χ4v) is 3.62. The Morgan fingerprint density at radius 2 is 1.67 bits per heavy atom. The Morgan fingerprint density at radius 1 is 1.04 bits per heavy atom. The lowest BCUT2D eigenvalue weighted by Crippen LogP contribution is -2.40. The minimum absolute atomic E-state index is 0.000423. The molecule has 2 aromatic carbocycles. The molecule has 1 amide bonds. The summed E-state index contributed by atoms with van der Waals surface area (Å²) in [6, 6.07) is 10.4.